The minimum Gasteiger partial charge on any atom is -0.395 e. The fourth-order valence-electron chi connectivity index (χ4n) is 2.36. The van der Waals surface area contributed by atoms with E-state index in [1.165, 1.54) is 5.56 Å². The Morgan fingerprint density at radius 2 is 2.05 bits per heavy atom. The van der Waals surface area contributed by atoms with E-state index >= 15 is 0 Å². The zero-order chi connectivity index (χ0) is 15.2. The standard InChI is InChI=1S/C17H25N3O/c1-13(2)11-18-12-15-10-14-6-4-5-7-16(14)19-17(15)20(3)8-9-21/h4-7,10,13,18,21H,8-9,11-12H2,1-3H3. The Morgan fingerprint density at radius 1 is 1.29 bits per heavy atom. The van der Waals surface area contributed by atoms with E-state index in [9.17, 15) is 0 Å². The Hall–Kier alpha value is -1.65. The van der Waals surface area contributed by atoms with Crippen molar-refractivity contribution in [3.05, 3.63) is 35.9 Å². The van der Waals surface area contributed by atoms with Gasteiger partial charge in [-0.3, -0.25) is 0 Å². The minimum atomic E-state index is 0.129. The van der Waals surface area contributed by atoms with Gasteiger partial charge >= 0.3 is 0 Å². The Bertz CT molecular complexity index is 583. The van der Waals surface area contributed by atoms with Gasteiger partial charge in [-0.2, -0.15) is 0 Å². The van der Waals surface area contributed by atoms with Crippen LogP contribution in [0.5, 0.6) is 0 Å². The van der Waals surface area contributed by atoms with Crippen molar-refractivity contribution in [2.24, 2.45) is 5.92 Å². The second-order valence-corrected chi connectivity index (χ2v) is 5.83. The first-order valence-corrected chi connectivity index (χ1v) is 7.53. The van der Waals surface area contributed by atoms with Crippen molar-refractivity contribution in [3.8, 4) is 0 Å². The van der Waals surface area contributed by atoms with Gasteiger partial charge in [0.2, 0.25) is 0 Å². The highest BCUT2D eigenvalue weighted by atomic mass is 16.3. The van der Waals surface area contributed by atoms with Crippen molar-refractivity contribution in [2.45, 2.75) is 20.4 Å². The first-order valence-electron chi connectivity index (χ1n) is 7.53. The lowest BCUT2D eigenvalue weighted by Crippen LogP contribution is -2.26. The number of anilines is 1. The summed E-state index contributed by atoms with van der Waals surface area (Å²) in [4.78, 5) is 6.78. The highest BCUT2D eigenvalue weighted by Gasteiger charge is 2.11. The number of hydrogen-bond acceptors (Lipinski definition) is 4. The molecule has 0 saturated carbocycles. The lowest BCUT2D eigenvalue weighted by atomic mass is 10.1. The van der Waals surface area contributed by atoms with Crippen LogP contribution in [0.25, 0.3) is 10.9 Å². The van der Waals surface area contributed by atoms with Crippen molar-refractivity contribution in [3.63, 3.8) is 0 Å². The molecule has 2 aromatic rings. The highest BCUT2D eigenvalue weighted by molar-refractivity contribution is 5.81. The first-order chi connectivity index (χ1) is 10.1. The molecular weight excluding hydrogens is 262 g/mol. The summed E-state index contributed by atoms with van der Waals surface area (Å²) in [6, 6.07) is 10.3. The molecule has 1 aromatic carbocycles. The molecule has 0 spiro atoms. The minimum absolute atomic E-state index is 0.129. The van der Waals surface area contributed by atoms with Crippen LogP contribution in [0.4, 0.5) is 5.82 Å². The molecule has 1 heterocycles. The third kappa shape index (κ3) is 4.16. The maximum atomic E-state index is 9.17. The lowest BCUT2D eigenvalue weighted by molar-refractivity contribution is 0.303. The molecule has 4 heteroatoms. The van der Waals surface area contributed by atoms with Gasteiger partial charge < -0.3 is 15.3 Å². The van der Waals surface area contributed by atoms with Gasteiger partial charge in [0.1, 0.15) is 5.82 Å². The van der Waals surface area contributed by atoms with Crippen molar-refractivity contribution in [1.29, 1.82) is 0 Å². The molecule has 4 nitrogen and oxygen atoms in total. The zero-order valence-electron chi connectivity index (χ0n) is 13.1. The number of aromatic nitrogens is 1. The molecule has 0 aliphatic carbocycles. The summed E-state index contributed by atoms with van der Waals surface area (Å²) in [5, 5.41) is 13.8. The van der Waals surface area contributed by atoms with E-state index in [1.807, 2.05) is 30.1 Å². The smallest absolute Gasteiger partial charge is 0.133 e. The summed E-state index contributed by atoms with van der Waals surface area (Å²) in [6.45, 7) is 6.89. The zero-order valence-corrected chi connectivity index (χ0v) is 13.1. The van der Waals surface area contributed by atoms with E-state index in [1.54, 1.807) is 0 Å². The summed E-state index contributed by atoms with van der Waals surface area (Å²) in [5.74, 6) is 1.57. The summed E-state index contributed by atoms with van der Waals surface area (Å²) >= 11 is 0. The fourth-order valence-corrected chi connectivity index (χ4v) is 2.36. The number of fused-ring (bicyclic) bond motifs is 1. The molecule has 0 amide bonds. The average molecular weight is 287 g/mol. The molecule has 0 atom stereocenters. The van der Waals surface area contributed by atoms with Crippen LogP contribution in [-0.4, -0.2) is 36.8 Å². The molecule has 0 aliphatic heterocycles. The molecule has 0 aliphatic rings. The predicted octanol–water partition coefficient (Wildman–Crippen LogP) is 2.41. The van der Waals surface area contributed by atoms with Crippen LogP contribution in [0.3, 0.4) is 0 Å². The molecule has 0 saturated heterocycles. The molecule has 2 N–H and O–H groups in total. The van der Waals surface area contributed by atoms with Gasteiger partial charge in [0.05, 0.1) is 12.1 Å². The summed E-state index contributed by atoms with van der Waals surface area (Å²) in [5.41, 5.74) is 2.16. The number of hydrogen-bond donors (Lipinski definition) is 2. The van der Waals surface area contributed by atoms with Crippen LogP contribution in [0, 0.1) is 5.92 Å². The Morgan fingerprint density at radius 3 is 2.76 bits per heavy atom. The van der Waals surface area contributed by atoms with Crippen LogP contribution >= 0.6 is 0 Å². The molecule has 114 valence electrons. The maximum absolute atomic E-state index is 9.17. The number of benzene rings is 1. The molecular formula is C17H25N3O. The van der Waals surface area contributed by atoms with Crippen LogP contribution in [0.1, 0.15) is 19.4 Å². The topological polar surface area (TPSA) is 48.4 Å². The largest absolute Gasteiger partial charge is 0.395 e. The third-order valence-corrected chi connectivity index (χ3v) is 3.45. The van der Waals surface area contributed by atoms with Gasteiger partial charge in [0, 0.05) is 31.1 Å². The third-order valence-electron chi connectivity index (χ3n) is 3.45. The molecule has 0 fully saturated rings. The monoisotopic (exact) mass is 287 g/mol. The van der Waals surface area contributed by atoms with E-state index in [-0.39, 0.29) is 6.61 Å². The molecule has 21 heavy (non-hydrogen) atoms. The number of pyridine rings is 1. The molecule has 0 radical (unpaired) electrons. The van der Waals surface area contributed by atoms with Crippen LogP contribution < -0.4 is 10.2 Å². The molecule has 0 unspecified atom stereocenters. The van der Waals surface area contributed by atoms with Crippen LogP contribution in [-0.2, 0) is 6.54 Å². The second-order valence-electron chi connectivity index (χ2n) is 5.83. The maximum Gasteiger partial charge on any atom is 0.133 e. The number of para-hydroxylation sites is 1. The predicted molar refractivity (Wildman–Crippen MR) is 88.6 cm³/mol. The Balaban J connectivity index is 2.31. The van der Waals surface area contributed by atoms with Crippen molar-refractivity contribution < 1.29 is 5.11 Å². The molecule has 0 bridgehead atoms. The van der Waals surface area contributed by atoms with Crippen molar-refractivity contribution >= 4 is 16.7 Å². The van der Waals surface area contributed by atoms with Gasteiger partial charge in [-0.1, -0.05) is 32.0 Å². The van der Waals surface area contributed by atoms with Gasteiger partial charge in [-0.05, 0) is 24.6 Å². The first kappa shape index (κ1) is 15.7. The van der Waals surface area contributed by atoms with Crippen molar-refractivity contribution in [2.75, 3.05) is 31.6 Å². The average Bonchev–Trinajstić information content (AvgIpc) is 2.46. The summed E-state index contributed by atoms with van der Waals surface area (Å²) in [7, 11) is 1.97. The van der Waals surface area contributed by atoms with Gasteiger partial charge in [0.15, 0.2) is 0 Å². The van der Waals surface area contributed by atoms with Crippen LogP contribution in [0.2, 0.25) is 0 Å². The van der Waals surface area contributed by atoms with E-state index in [0.717, 1.165) is 29.8 Å². The van der Waals surface area contributed by atoms with E-state index in [0.29, 0.717) is 12.5 Å². The molecule has 2 rings (SSSR count). The van der Waals surface area contributed by atoms with E-state index < -0.39 is 0 Å². The van der Waals surface area contributed by atoms with Crippen LogP contribution in [0.15, 0.2) is 30.3 Å². The lowest BCUT2D eigenvalue weighted by Gasteiger charge is -2.21. The van der Waals surface area contributed by atoms with Gasteiger partial charge in [-0.15, -0.1) is 0 Å². The number of nitrogens with one attached hydrogen (secondary N) is 1. The molecule has 1 aromatic heterocycles. The van der Waals surface area contributed by atoms with Gasteiger partial charge in [-0.25, -0.2) is 4.98 Å². The number of likely N-dealkylation sites (N-methyl/N-ethyl adjacent to an activating group) is 1. The second kappa shape index (κ2) is 7.38. The quantitative estimate of drug-likeness (QED) is 0.821. The van der Waals surface area contributed by atoms with Crippen molar-refractivity contribution in [1.82, 2.24) is 10.3 Å². The number of nitrogens with zero attached hydrogens (tertiary/aromatic N) is 2. The summed E-state index contributed by atoms with van der Waals surface area (Å²) < 4.78 is 0. The number of aliphatic hydroxyl groups excluding tert-OH is 1. The highest BCUT2D eigenvalue weighted by Crippen LogP contribution is 2.22. The Labute approximate surface area is 126 Å². The Kier molecular flexibility index (Phi) is 5.53. The normalized spacial score (nSPS) is 11.3. The van der Waals surface area contributed by atoms with E-state index in [4.69, 9.17) is 10.1 Å². The SMILES string of the molecule is CC(C)CNCc1cc2ccccc2nc1N(C)CCO. The summed E-state index contributed by atoms with van der Waals surface area (Å²) in [6.07, 6.45) is 0. The van der Waals surface area contributed by atoms with Gasteiger partial charge in [0.25, 0.3) is 0 Å². The number of rotatable bonds is 7. The van der Waals surface area contributed by atoms with E-state index in [2.05, 4.69) is 31.3 Å². The fraction of sp³-hybridized carbons (Fsp3) is 0.471. The number of aliphatic hydroxyl groups is 1.